The van der Waals surface area contributed by atoms with Crippen LogP contribution in [0.1, 0.15) is 42.9 Å². The molecule has 1 aliphatic carbocycles. The number of nitrogens with one attached hydrogen (secondary N) is 1. The molecule has 0 radical (unpaired) electrons. The molecule has 0 aromatic heterocycles. The Morgan fingerprint density at radius 2 is 1.74 bits per heavy atom. The summed E-state index contributed by atoms with van der Waals surface area (Å²) in [6.07, 6.45) is -0.741. The van der Waals surface area contributed by atoms with Crippen LogP contribution in [0.4, 0.5) is 17.6 Å². The van der Waals surface area contributed by atoms with E-state index in [0.29, 0.717) is 13.1 Å². The fourth-order valence-corrected chi connectivity index (χ4v) is 4.03. The van der Waals surface area contributed by atoms with Crippen molar-refractivity contribution in [2.75, 3.05) is 26.2 Å². The summed E-state index contributed by atoms with van der Waals surface area (Å²) >= 11 is 0. The Labute approximate surface area is 133 Å². The van der Waals surface area contributed by atoms with Crippen molar-refractivity contribution in [2.24, 2.45) is 5.92 Å². The highest BCUT2D eigenvalue weighted by Crippen LogP contribution is 2.45. The van der Waals surface area contributed by atoms with Crippen molar-refractivity contribution in [3.8, 4) is 0 Å². The maximum absolute atomic E-state index is 14.5. The molecule has 0 unspecified atom stereocenters. The molecule has 0 amide bonds. The number of benzene rings is 1. The molecule has 1 saturated heterocycles. The van der Waals surface area contributed by atoms with Crippen LogP contribution in [0.3, 0.4) is 0 Å². The molecule has 1 atom stereocenters. The summed E-state index contributed by atoms with van der Waals surface area (Å²) in [4.78, 5) is 2.04. The average molecular weight is 330 g/mol. The van der Waals surface area contributed by atoms with Gasteiger partial charge in [0.1, 0.15) is 5.82 Å². The highest BCUT2D eigenvalue weighted by Gasteiger charge is 2.41. The van der Waals surface area contributed by atoms with Gasteiger partial charge in [0.15, 0.2) is 0 Å². The van der Waals surface area contributed by atoms with E-state index in [4.69, 9.17) is 0 Å². The summed E-state index contributed by atoms with van der Waals surface area (Å²) in [5, 5.41) is 3.21. The van der Waals surface area contributed by atoms with E-state index in [1.807, 2.05) is 4.90 Å². The second kappa shape index (κ2) is 6.77. The number of hydrogen-bond acceptors (Lipinski definition) is 2. The fraction of sp³-hybridized carbons (Fsp3) is 0.647. The molecule has 1 aromatic carbocycles. The number of hydrogen-bond donors (Lipinski definition) is 1. The van der Waals surface area contributed by atoms with Gasteiger partial charge in [-0.25, -0.2) is 4.39 Å². The molecule has 2 aliphatic rings. The summed E-state index contributed by atoms with van der Waals surface area (Å²) in [7, 11) is 0. The van der Waals surface area contributed by atoms with Crippen LogP contribution < -0.4 is 5.32 Å². The lowest BCUT2D eigenvalue weighted by Crippen LogP contribution is -2.47. The second-order valence-corrected chi connectivity index (χ2v) is 6.47. The Morgan fingerprint density at radius 1 is 1.09 bits per heavy atom. The molecular formula is C17H22F4N2. The van der Waals surface area contributed by atoms with Gasteiger partial charge in [0.2, 0.25) is 0 Å². The van der Waals surface area contributed by atoms with Gasteiger partial charge in [0.25, 0.3) is 0 Å². The summed E-state index contributed by atoms with van der Waals surface area (Å²) in [5.41, 5.74) is -0.957. The van der Waals surface area contributed by atoms with Crippen LogP contribution in [0.5, 0.6) is 0 Å². The smallest absolute Gasteiger partial charge is 0.314 e. The molecule has 1 aromatic rings. The number of nitrogens with zero attached hydrogens (tertiary/aromatic N) is 1. The Hall–Kier alpha value is -1.14. The highest BCUT2D eigenvalue weighted by molar-refractivity contribution is 5.34. The van der Waals surface area contributed by atoms with Crippen molar-refractivity contribution < 1.29 is 17.6 Å². The van der Waals surface area contributed by atoms with Crippen LogP contribution >= 0.6 is 0 Å². The summed E-state index contributed by atoms with van der Waals surface area (Å²) < 4.78 is 54.8. The van der Waals surface area contributed by atoms with Crippen molar-refractivity contribution in [3.63, 3.8) is 0 Å². The van der Waals surface area contributed by atoms with E-state index in [9.17, 15) is 17.6 Å². The van der Waals surface area contributed by atoms with Crippen LogP contribution in [0.2, 0.25) is 0 Å². The lowest BCUT2D eigenvalue weighted by atomic mass is 9.86. The molecule has 2 fully saturated rings. The van der Waals surface area contributed by atoms with E-state index in [1.165, 1.54) is 0 Å². The van der Waals surface area contributed by atoms with Gasteiger partial charge in [0, 0.05) is 37.8 Å². The van der Waals surface area contributed by atoms with Crippen LogP contribution in [-0.4, -0.2) is 31.1 Å². The largest absolute Gasteiger partial charge is 0.416 e. The van der Waals surface area contributed by atoms with Crippen LogP contribution in [-0.2, 0) is 6.18 Å². The number of halogens is 4. The zero-order chi connectivity index (χ0) is 16.4. The van der Waals surface area contributed by atoms with Gasteiger partial charge >= 0.3 is 6.18 Å². The standard InChI is InChI=1S/C17H22F4N2/c18-14-7-3-6-13(17(19,20)21)15(14)16(12-4-1-2-5-12)23-10-8-22-9-11-23/h3,6-7,12,16,22H,1-2,4-5,8-11H2/t16-/m1/s1. The van der Waals surface area contributed by atoms with Gasteiger partial charge in [-0.3, -0.25) is 4.90 Å². The number of rotatable bonds is 3. The maximum Gasteiger partial charge on any atom is 0.416 e. The Kier molecular flexibility index (Phi) is 4.92. The molecule has 1 saturated carbocycles. The molecular weight excluding hydrogens is 308 g/mol. The molecule has 1 N–H and O–H groups in total. The molecule has 3 rings (SSSR count). The predicted octanol–water partition coefficient (Wildman–Crippen LogP) is 3.98. The van der Waals surface area contributed by atoms with Gasteiger partial charge in [0.05, 0.1) is 5.56 Å². The van der Waals surface area contributed by atoms with E-state index >= 15 is 0 Å². The molecule has 0 spiro atoms. The summed E-state index contributed by atoms with van der Waals surface area (Å²) in [6.45, 7) is 2.79. The Balaban J connectivity index is 2.05. The number of alkyl halides is 3. The summed E-state index contributed by atoms with van der Waals surface area (Å²) in [5.74, 6) is -0.624. The minimum absolute atomic E-state index is 0.103. The van der Waals surface area contributed by atoms with E-state index in [-0.39, 0.29) is 11.5 Å². The first-order valence-corrected chi connectivity index (χ1v) is 8.29. The van der Waals surface area contributed by atoms with E-state index in [1.54, 1.807) is 0 Å². The Morgan fingerprint density at radius 3 is 2.35 bits per heavy atom. The van der Waals surface area contributed by atoms with Crippen molar-refractivity contribution in [1.82, 2.24) is 10.2 Å². The zero-order valence-corrected chi connectivity index (χ0v) is 13.0. The molecule has 23 heavy (non-hydrogen) atoms. The summed E-state index contributed by atoms with van der Waals surface area (Å²) in [6, 6.07) is 2.86. The average Bonchev–Trinajstić information content (AvgIpc) is 3.03. The fourth-order valence-electron chi connectivity index (χ4n) is 4.03. The molecule has 1 heterocycles. The van der Waals surface area contributed by atoms with Crippen molar-refractivity contribution in [3.05, 3.63) is 35.1 Å². The lowest BCUT2D eigenvalue weighted by Gasteiger charge is -2.39. The first-order chi connectivity index (χ1) is 11.0. The SMILES string of the molecule is Fc1cccc(C(F)(F)F)c1[C@@H](C1CCCC1)N1CCNCC1. The number of piperazine rings is 1. The normalized spacial score (nSPS) is 22.4. The first kappa shape index (κ1) is 16.7. The van der Waals surface area contributed by atoms with Gasteiger partial charge in [-0.1, -0.05) is 18.9 Å². The van der Waals surface area contributed by atoms with Gasteiger partial charge in [-0.05, 0) is 30.9 Å². The molecule has 2 nitrogen and oxygen atoms in total. The highest BCUT2D eigenvalue weighted by atomic mass is 19.4. The minimum atomic E-state index is -4.53. The van der Waals surface area contributed by atoms with E-state index < -0.39 is 23.6 Å². The predicted molar refractivity (Wildman–Crippen MR) is 80.5 cm³/mol. The lowest BCUT2D eigenvalue weighted by molar-refractivity contribution is -0.139. The maximum atomic E-state index is 14.5. The molecule has 128 valence electrons. The van der Waals surface area contributed by atoms with Crippen molar-refractivity contribution in [2.45, 2.75) is 37.9 Å². The molecule has 6 heteroatoms. The third kappa shape index (κ3) is 3.53. The second-order valence-electron chi connectivity index (χ2n) is 6.47. The quantitative estimate of drug-likeness (QED) is 0.844. The van der Waals surface area contributed by atoms with Crippen LogP contribution in [0, 0.1) is 11.7 Å². The third-order valence-electron chi connectivity index (χ3n) is 5.05. The Bertz CT molecular complexity index is 532. The van der Waals surface area contributed by atoms with Gasteiger partial charge in [-0.15, -0.1) is 0 Å². The molecule has 1 aliphatic heterocycles. The van der Waals surface area contributed by atoms with Crippen molar-refractivity contribution in [1.29, 1.82) is 0 Å². The van der Waals surface area contributed by atoms with Crippen molar-refractivity contribution >= 4 is 0 Å². The minimum Gasteiger partial charge on any atom is -0.314 e. The van der Waals surface area contributed by atoms with Gasteiger partial charge < -0.3 is 5.32 Å². The third-order valence-corrected chi connectivity index (χ3v) is 5.05. The van der Waals surface area contributed by atoms with E-state index in [2.05, 4.69) is 5.32 Å². The van der Waals surface area contributed by atoms with Crippen LogP contribution in [0.25, 0.3) is 0 Å². The zero-order valence-electron chi connectivity index (χ0n) is 13.0. The van der Waals surface area contributed by atoms with E-state index in [0.717, 1.165) is 57.0 Å². The monoisotopic (exact) mass is 330 g/mol. The van der Waals surface area contributed by atoms with Crippen LogP contribution in [0.15, 0.2) is 18.2 Å². The van der Waals surface area contributed by atoms with Gasteiger partial charge in [-0.2, -0.15) is 13.2 Å². The topological polar surface area (TPSA) is 15.3 Å². The molecule has 0 bridgehead atoms. The first-order valence-electron chi connectivity index (χ1n) is 8.29.